The number of nitrogens with one attached hydrogen (secondary N) is 1. The smallest absolute Gasteiger partial charge is 0.410 e. The average molecular weight is 324 g/mol. The van der Waals surface area contributed by atoms with Crippen LogP contribution in [0.15, 0.2) is 17.5 Å². The van der Waals surface area contributed by atoms with Crippen LogP contribution in [0.25, 0.3) is 0 Å². The van der Waals surface area contributed by atoms with E-state index in [0.29, 0.717) is 12.0 Å². The Labute approximate surface area is 137 Å². The molecule has 2 heterocycles. The van der Waals surface area contributed by atoms with Crippen molar-refractivity contribution in [2.75, 3.05) is 19.6 Å². The number of hydrogen-bond acceptors (Lipinski definition) is 4. The van der Waals surface area contributed by atoms with Crippen molar-refractivity contribution >= 4 is 17.4 Å². The lowest BCUT2D eigenvalue weighted by Crippen LogP contribution is -2.45. The second kappa shape index (κ2) is 7.47. The van der Waals surface area contributed by atoms with Crippen LogP contribution < -0.4 is 5.32 Å². The van der Waals surface area contributed by atoms with Crippen molar-refractivity contribution in [2.45, 2.75) is 52.2 Å². The third kappa shape index (κ3) is 5.29. The zero-order valence-electron chi connectivity index (χ0n) is 14.1. The first-order valence-electron chi connectivity index (χ1n) is 8.10. The first-order chi connectivity index (χ1) is 10.3. The Bertz CT molecular complexity index is 468. The Kier molecular flexibility index (Phi) is 5.87. The Morgan fingerprint density at radius 2 is 2.32 bits per heavy atom. The van der Waals surface area contributed by atoms with E-state index in [1.165, 1.54) is 11.3 Å². The second-order valence-electron chi connectivity index (χ2n) is 7.08. The Hall–Kier alpha value is -1.07. The van der Waals surface area contributed by atoms with E-state index >= 15 is 0 Å². The average Bonchev–Trinajstić information content (AvgIpc) is 2.97. The van der Waals surface area contributed by atoms with Crippen LogP contribution in [-0.4, -0.2) is 36.2 Å². The van der Waals surface area contributed by atoms with E-state index in [2.05, 4.69) is 29.8 Å². The summed E-state index contributed by atoms with van der Waals surface area (Å²) in [5.41, 5.74) is -0.421. The lowest BCUT2D eigenvalue weighted by atomic mass is 9.98. The maximum atomic E-state index is 12.2. The molecule has 2 rings (SSSR count). The number of carbonyl (C=O) groups excluding carboxylic acids is 1. The van der Waals surface area contributed by atoms with E-state index in [0.717, 1.165) is 26.1 Å². The minimum absolute atomic E-state index is 0.177. The van der Waals surface area contributed by atoms with Gasteiger partial charge in [0, 0.05) is 30.6 Å². The van der Waals surface area contributed by atoms with Crippen LogP contribution in [-0.2, 0) is 4.74 Å². The molecular weight excluding hydrogens is 296 g/mol. The predicted octanol–water partition coefficient (Wildman–Crippen LogP) is 4.05. The fourth-order valence-electron chi connectivity index (χ4n) is 2.71. The van der Waals surface area contributed by atoms with Gasteiger partial charge < -0.3 is 15.0 Å². The van der Waals surface area contributed by atoms with Gasteiger partial charge in [-0.2, -0.15) is 0 Å². The molecule has 0 bridgehead atoms. The molecule has 1 fully saturated rings. The summed E-state index contributed by atoms with van der Waals surface area (Å²) in [4.78, 5) is 15.4. The molecule has 1 N–H and O–H groups in total. The SMILES string of the molecule is C[C@@H](NC[C@H]1CCCN(C(=O)OC(C)(C)C)C1)c1cccs1. The summed E-state index contributed by atoms with van der Waals surface area (Å²) in [5.74, 6) is 0.503. The molecule has 1 aliphatic rings. The van der Waals surface area contributed by atoms with Crippen LogP contribution in [0.4, 0.5) is 4.79 Å². The number of carbonyl (C=O) groups is 1. The summed E-state index contributed by atoms with van der Waals surface area (Å²) in [6.07, 6.45) is 2.05. The number of amides is 1. The molecule has 1 saturated heterocycles. The number of hydrogen-bond donors (Lipinski definition) is 1. The van der Waals surface area contributed by atoms with Gasteiger partial charge in [0.2, 0.25) is 0 Å². The van der Waals surface area contributed by atoms with E-state index in [1.54, 1.807) is 11.3 Å². The highest BCUT2D eigenvalue weighted by Gasteiger charge is 2.27. The number of rotatable bonds is 4. The highest BCUT2D eigenvalue weighted by Crippen LogP contribution is 2.21. The molecule has 124 valence electrons. The zero-order valence-corrected chi connectivity index (χ0v) is 14.9. The number of likely N-dealkylation sites (tertiary alicyclic amines) is 1. The minimum Gasteiger partial charge on any atom is -0.444 e. The lowest BCUT2D eigenvalue weighted by Gasteiger charge is -2.34. The molecule has 0 saturated carbocycles. The number of piperidine rings is 1. The fourth-order valence-corrected chi connectivity index (χ4v) is 3.46. The molecule has 0 spiro atoms. The van der Waals surface area contributed by atoms with Gasteiger partial charge >= 0.3 is 6.09 Å². The molecule has 0 radical (unpaired) electrons. The van der Waals surface area contributed by atoms with Crippen LogP contribution in [0.5, 0.6) is 0 Å². The van der Waals surface area contributed by atoms with Crippen molar-refractivity contribution in [3.63, 3.8) is 0 Å². The number of thiophene rings is 1. The van der Waals surface area contributed by atoms with Gasteiger partial charge in [-0.3, -0.25) is 0 Å². The third-order valence-electron chi connectivity index (χ3n) is 3.85. The summed E-state index contributed by atoms with van der Waals surface area (Å²) in [7, 11) is 0. The molecule has 0 aliphatic carbocycles. The van der Waals surface area contributed by atoms with Crippen LogP contribution in [0, 0.1) is 5.92 Å². The summed E-state index contributed by atoms with van der Waals surface area (Å²) >= 11 is 1.78. The van der Waals surface area contributed by atoms with E-state index in [-0.39, 0.29) is 6.09 Å². The summed E-state index contributed by atoms with van der Waals surface area (Å²) in [6.45, 7) is 10.5. The minimum atomic E-state index is -0.421. The largest absolute Gasteiger partial charge is 0.444 e. The van der Waals surface area contributed by atoms with E-state index in [1.807, 2.05) is 25.7 Å². The van der Waals surface area contributed by atoms with Crippen LogP contribution in [0.2, 0.25) is 0 Å². The van der Waals surface area contributed by atoms with Gasteiger partial charge in [-0.15, -0.1) is 11.3 Å². The first kappa shape index (κ1) is 17.3. The van der Waals surface area contributed by atoms with Crippen molar-refractivity contribution < 1.29 is 9.53 Å². The van der Waals surface area contributed by atoms with Gasteiger partial charge in [0.15, 0.2) is 0 Å². The van der Waals surface area contributed by atoms with Gasteiger partial charge in [0.05, 0.1) is 0 Å². The number of ether oxygens (including phenoxy) is 1. The maximum absolute atomic E-state index is 12.2. The van der Waals surface area contributed by atoms with Crippen LogP contribution >= 0.6 is 11.3 Å². The highest BCUT2D eigenvalue weighted by atomic mass is 32.1. The van der Waals surface area contributed by atoms with E-state index in [4.69, 9.17) is 4.74 Å². The van der Waals surface area contributed by atoms with Gasteiger partial charge in [0.25, 0.3) is 0 Å². The maximum Gasteiger partial charge on any atom is 0.410 e. The van der Waals surface area contributed by atoms with Crippen LogP contribution in [0.3, 0.4) is 0 Å². The normalized spacial score (nSPS) is 20.7. The van der Waals surface area contributed by atoms with Crippen molar-refractivity contribution in [3.8, 4) is 0 Å². The predicted molar refractivity (Wildman–Crippen MR) is 91.3 cm³/mol. The summed E-state index contributed by atoms with van der Waals surface area (Å²) in [5, 5.41) is 5.70. The Morgan fingerprint density at radius 3 is 2.95 bits per heavy atom. The standard InChI is InChI=1S/C17H28N2O2S/c1-13(15-8-6-10-22-15)18-11-14-7-5-9-19(12-14)16(20)21-17(2,3)4/h6,8,10,13-14,18H,5,7,9,11-12H2,1-4H3/t13-,14-/m1/s1. The molecule has 1 aromatic heterocycles. The molecular formula is C17H28N2O2S. The quantitative estimate of drug-likeness (QED) is 0.908. The molecule has 1 aromatic rings. The van der Waals surface area contributed by atoms with Crippen LogP contribution in [0.1, 0.15) is 51.5 Å². The molecule has 0 unspecified atom stereocenters. The molecule has 4 nitrogen and oxygen atoms in total. The molecule has 1 aliphatic heterocycles. The van der Waals surface area contributed by atoms with Gasteiger partial charge in [0.1, 0.15) is 5.60 Å². The van der Waals surface area contributed by atoms with Crippen molar-refractivity contribution in [2.24, 2.45) is 5.92 Å². The first-order valence-corrected chi connectivity index (χ1v) is 8.98. The molecule has 22 heavy (non-hydrogen) atoms. The summed E-state index contributed by atoms with van der Waals surface area (Å²) < 4.78 is 5.48. The van der Waals surface area contributed by atoms with E-state index in [9.17, 15) is 4.79 Å². The monoisotopic (exact) mass is 324 g/mol. The summed E-state index contributed by atoms with van der Waals surface area (Å²) in [6, 6.07) is 4.62. The van der Waals surface area contributed by atoms with Gasteiger partial charge in [-0.1, -0.05) is 6.07 Å². The van der Waals surface area contributed by atoms with Crippen molar-refractivity contribution in [1.82, 2.24) is 10.2 Å². The topological polar surface area (TPSA) is 41.6 Å². The third-order valence-corrected chi connectivity index (χ3v) is 4.91. The van der Waals surface area contributed by atoms with Crippen molar-refractivity contribution in [1.29, 1.82) is 0 Å². The van der Waals surface area contributed by atoms with Gasteiger partial charge in [-0.25, -0.2) is 4.79 Å². The Morgan fingerprint density at radius 1 is 1.55 bits per heavy atom. The zero-order chi connectivity index (χ0) is 16.2. The second-order valence-corrected chi connectivity index (χ2v) is 8.06. The lowest BCUT2D eigenvalue weighted by molar-refractivity contribution is 0.0165. The van der Waals surface area contributed by atoms with Crippen molar-refractivity contribution in [3.05, 3.63) is 22.4 Å². The van der Waals surface area contributed by atoms with Gasteiger partial charge in [-0.05, 0) is 57.9 Å². The number of nitrogens with zero attached hydrogens (tertiary/aromatic N) is 1. The molecule has 2 atom stereocenters. The fraction of sp³-hybridized carbons (Fsp3) is 0.706. The highest BCUT2D eigenvalue weighted by molar-refractivity contribution is 7.10. The molecule has 1 amide bonds. The molecule has 0 aromatic carbocycles. The Balaban J connectivity index is 1.79. The van der Waals surface area contributed by atoms with E-state index < -0.39 is 5.60 Å². The molecule has 5 heteroatoms.